The van der Waals surface area contributed by atoms with Crippen LogP contribution in [0.15, 0.2) is 12.4 Å². The highest BCUT2D eigenvalue weighted by molar-refractivity contribution is 6.30. The van der Waals surface area contributed by atoms with Gasteiger partial charge in [-0.05, 0) is 6.92 Å². The van der Waals surface area contributed by atoms with Crippen molar-refractivity contribution in [1.82, 2.24) is 24.7 Å². The predicted molar refractivity (Wildman–Crippen MR) is 68.9 cm³/mol. The highest BCUT2D eigenvalue weighted by Crippen LogP contribution is 2.15. The number of nitrogens with zero attached hydrogens (tertiary/aromatic N) is 6. The lowest BCUT2D eigenvalue weighted by atomic mass is 10.3. The monoisotopic (exact) mass is 267 g/mol. The summed E-state index contributed by atoms with van der Waals surface area (Å²) in [4.78, 5) is 14.4. The number of halogens is 1. The zero-order valence-electron chi connectivity index (χ0n) is 10.4. The molecule has 2 aromatic heterocycles. The Morgan fingerprint density at radius 3 is 2.44 bits per heavy atom. The van der Waals surface area contributed by atoms with E-state index in [0.717, 1.165) is 0 Å². The Hall–Kier alpha value is -1.73. The van der Waals surface area contributed by atoms with Crippen LogP contribution < -0.4 is 10.6 Å². The Morgan fingerprint density at radius 1 is 1.33 bits per heavy atom. The first-order valence-corrected chi connectivity index (χ1v) is 5.74. The maximum Gasteiger partial charge on any atom is 0.252 e. The summed E-state index contributed by atoms with van der Waals surface area (Å²) < 4.78 is 1.52. The zero-order valence-corrected chi connectivity index (χ0v) is 11.1. The van der Waals surface area contributed by atoms with E-state index >= 15 is 0 Å². The summed E-state index contributed by atoms with van der Waals surface area (Å²) in [5.74, 6) is 1.55. The van der Waals surface area contributed by atoms with Crippen molar-refractivity contribution in [2.45, 2.75) is 13.0 Å². The van der Waals surface area contributed by atoms with Crippen molar-refractivity contribution in [3.8, 4) is 5.95 Å². The molecular formula is C10H14ClN7. The Morgan fingerprint density at radius 2 is 1.94 bits per heavy atom. The highest BCUT2D eigenvalue weighted by atomic mass is 35.5. The summed E-state index contributed by atoms with van der Waals surface area (Å²) in [7, 11) is 3.71. The second-order valence-electron chi connectivity index (χ2n) is 4.07. The molecule has 0 bridgehead atoms. The van der Waals surface area contributed by atoms with Crippen molar-refractivity contribution in [3.05, 3.63) is 23.2 Å². The van der Waals surface area contributed by atoms with Gasteiger partial charge in [-0.25, -0.2) is 9.97 Å². The lowest BCUT2D eigenvalue weighted by Gasteiger charge is -2.05. The van der Waals surface area contributed by atoms with Gasteiger partial charge in [0.05, 0.1) is 23.5 Å². The number of hydrogen-bond acceptors (Lipinski definition) is 6. The van der Waals surface area contributed by atoms with Gasteiger partial charge in [-0.3, -0.25) is 0 Å². The van der Waals surface area contributed by atoms with Crippen molar-refractivity contribution in [3.63, 3.8) is 0 Å². The Bertz CT molecular complexity index is 532. The fourth-order valence-corrected chi connectivity index (χ4v) is 1.46. The van der Waals surface area contributed by atoms with E-state index in [9.17, 15) is 0 Å². The normalized spacial score (nSPS) is 12.5. The quantitative estimate of drug-likeness (QED) is 0.885. The third-order valence-electron chi connectivity index (χ3n) is 2.22. The molecule has 2 N–H and O–H groups in total. The Kier molecular flexibility index (Phi) is 3.44. The van der Waals surface area contributed by atoms with Crippen molar-refractivity contribution in [2.75, 3.05) is 19.0 Å². The van der Waals surface area contributed by atoms with E-state index in [4.69, 9.17) is 17.3 Å². The summed E-state index contributed by atoms with van der Waals surface area (Å²) in [6.07, 6.45) is 3.01. The van der Waals surface area contributed by atoms with Gasteiger partial charge in [0.15, 0.2) is 5.82 Å². The smallest absolute Gasteiger partial charge is 0.252 e. The molecule has 0 aliphatic carbocycles. The van der Waals surface area contributed by atoms with E-state index in [1.807, 2.05) is 21.0 Å². The van der Waals surface area contributed by atoms with Crippen molar-refractivity contribution in [1.29, 1.82) is 0 Å². The molecule has 18 heavy (non-hydrogen) atoms. The molecule has 8 heteroatoms. The first-order chi connectivity index (χ1) is 8.49. The third kappa shape index (κ3) is 2.41. The fraction of sp³-hybridized carbons (Fsp3) is 0.400. The molecule has 0 saturated heterocycles. The van der Waals surface area contributed by atoms with E-state index in [1.165, 1.54) is 17.1 Å². The van der Waals surface area contributed by atoms with Crippen LogP contribution in [-0.4, -0.2) is 38.8 Å². The lowest BCUT2D eigenvalue weighted by molar-refractivity contribution is 0.669. The van der Waals surface area contributed by atoms with Crippen molar-refractivity contribution >= 4 is 17.5 Å². The van der Waals surface area contributed by atoms with Gasteiger partial charge in [0.2, 0.25) is 5.95 Å². The van der Waals surface area contributed by atoms with Gasteiger partial charge in [-0.15, -0.1) is 5.10 Å². The lowest BCUT2D eigenvalue weighted by Crippen LogP contribution is -2.15. The minimum atomic E-state index is -0.273. The predicted octanol–water partition coefficient (Wildman–Crippen LogP) is 0.796. The number of aromatic nitrogens is 5. The average Bonchev–Trinajstić information content (AvgIpc) is 2.75. The second kappa shape index (κ2) is 4.87. The van der Waals surface area contributed by atoms with Crippen LogP contribution in [0.2, 0.25) is 5.02 Å². The van der Waals surface area contributed by atoms with E-state index < -0.39 is 0 Å². The molecule has 0 fully saturated rings. The first-order valence-electron chi connectivity index (χ1n) is 5.37. The van der Waals surface area contributed by atoms with Crippen LogP contribution in [0.5, 0.6) is 0 Å². The van der Waals surface area contributed by atoms with Gasteiger partial charge in [0.1, 0.15) is 0 Å². The minimum absolute atomic E-state index is 0.273. The summed E-state index contributed by atoms with van der Waals surface area (Å²) in [6, 6.07) is -0.273. The molecule has 0 radical (unpaired) electrons. The summed E-state index contributed by atoms with van der Waals surface area (Å²) in [5, 5.41) is 4.78. The van der Waals surface area contributed by atoms with Crippen LogP contribution in [0.3, 0.4) is 0 Å². The molecule has 0 aromatic carbocycles. The molecule has 2 heterocycles. The molecule has 1 atom stereocenters. The van der Waals surface area contributed by atoms with Crippen molar-refractivity contribution in [2.24, 2.45) is 5.73 Å². The van der Waals surface area contributed by atoms with Gasteiger partial charge in [-0.2, -0.15) is 9.67 Å². The molecule has 96 valence electrons. The maximum atomic E-state index is 5.87. The molecule has 7 nitrogen and oxygen atoms in total. The third-order valence-corrected chi connectivity index (χ3v) is 2.42. The van der Waals surface area contributed by atoms with Gasteiger partial charge in [-0.1, -0.05) is 11.6 Å². The number of rotatable bonds is 3. The van der Waals surface area contributed by atoms with E-state index in [0.29, 0.717) is 22.7 Å². The summed E-state index contributed by atoms with van der Waals surface area (Å²) in [6.45, 7) is 1.83. The minimum Gasteiger partial charge on any atom is -0.346 e. The van der Waals surface area contributed by atoms with Crippen LogP contribution in [0, 0.1) is 0 Å². The average molecular weight is 268 g/mol. The van der Waals surface area contributed by atoms with Gasteiger partial charge >= 0.3 is 0 Å². The van der Waals surface area contributed by atoms with E-state index in [1.54, 1.807) is 4.90 Å². The SMILES string of the molecule is CC(N)c1nc(N(C)C)nn1-c1ncc(Cl)cn1. The maximum absolute atomic E-state index is 5.87. The van der Waals surface area contributed by atoms with E-state index in [-0.39, 0.29) is 6.04 Å². The van der Waals surface area contributed by atoms with Crippen LogP contribution in [0.25, 0.3) is 5.95 Å². The molecule has 2 aromatic rings. The zero-order chi connectivity index (χ0) is 13.3. The number of hydrogen-bond donors (Lipinski definition) is 1. The standard InChI is InChI=1S/C10H14ClN7/c1-6(12)8-15-10(17(2)3)16-18(8)9-13-4-7(11)5-14-9/h4-6H,12H2,1-3H3. The molecular weight excluding hydrogens is 254 g/mol. The molecule has 1 unspecified atom stereocenters. The van der Waals surface area contributed by atoms with Crippen LogP contribution in [0.4, 0.5) is 5.95 Å². The van der Waals surface area contributed by atoms with Gasteiger partial charge in [0, 0.05) is 14.1 Å². The number of anilines is 1. The molecule has 2 rings (SSSR count). The van der Waals surface area contributed by atoms with Crippen LogP contribution in [-0.2, 0) is 0 Å². The largest absolute Gasteiger partial charge is 0.346 e. The summed E-state index contributed by atoms with van der Waals surface area (Å²) >= 11 is 5.75. The topological polar surface area (TPSA) is 85.8 Å². The first kappa shape index (κ1) is 12.7. The molecule has 0 amide bonds. The molecule has 0 saturated carbocycles. The Labute approximate surface area is 110 Å². The van der Waals surface area contributed by atoms with Gasteiger partial charge in [0.25, 0.3) is 5.95 Å². The second-order valence-corrected chi connectivity index (χ2v) is 4.50. The van der Waals surface area contributed by atoms with Crippen LogP contribution >= 0.6 is 11.6 Å². The number of nitrogens with two attached hydrogens (primary N) is 1. The fourth-order valence-electron chi connectivity index (χ4n) is 1.36. The molecule has 0 aliphatic heterocycles. The highest BCUT2D eigenvalue weighted by Gasteiger charge is 2.17. The molecule has 0 aliphatic rings. The molecule has 0 spiro atoms. The van der Waals surface area contributed by atoms with Crippen LogP contribution in [0.1, 0.15) is 18.8 Å². The van der Waals surface area contributed by atoms with Gasteiger partial charge < -0.3 is 10.6 Å². The van der Waals surface area contributed by atoms with Crippen molar-refractivity contribution < 1.29 is 0 Å². The Balaban J connectivity index is 2.51. The summed E-state index contributed by atoms with van der Waals surface area (Å²) in [5.41, 5.74) is 5.87. The van der Waals surface area contributed by atoms with E-state index in [2.05, 4.69) is 20.1 Å².